The molecule has 0 aromatic carbocycles. The van der Waals surface area contributed by atoms with Crippen LogP contribution in [0.25, 0.3) is 0 Å². The summed E-state index contributed by atoms with van der Waals surface area (Å²) in [5.74, 6) is 0.160. The molecule has 0 spiro atoms. The molecular formula is C13H19N3O3. The maximum atomic E-state index is 11.8. The Labute approximate surface area is 111 Å². The average molecular weight is 265 g/mol. The number of amides is 1. The van der Waals surface area contributed by atoms with Crippen LogP contribution in [0.15, 0.2) is 10.9 Å². The zero-order valence-corrected chi connectivity index (χ0v) is 11.2. The van der Waals surface area contributed by atoms with Crippen molar-refractivity contribution in [2.45, 2.75) is 51.7 Å². The number of rotatable bonds is 4. The Kier molecular flexibility index (Phi) is 4.31. The molecule has 1 amide bonds. The van der Waals surface area contributed by atoms with E-state index in [1.165, 1.54) is 0 Å². The van der Waals surface area contributed by atoms with Crippen LogP contribution in [0.4, 0.5) is 5.82 Å². The molecule has 19 heavy (non-hydrogen) atoms. The summed E-state index contributed by atoms with van der Waals surface area (Å²) in [5.41, 5.74) is 0.214. The molecule has 2 rings (SSSR count). The van der Waals surface area contributed by atoms with Crippen LogP contribution >= 0.6 is 0 Å². The second kappa shape index (κ2) is 5.97. The highest BCUT2D eigenvalue weighted by atomic mass is 16.5. The van der Waals surface area contributed by atoms with E-state index in [-0.39, 0.29) is 12.0 Å². The van der Waals surface area contributed by atoms with Crippen LogP contribution in [0.5, 0.6) is 0 Å². The average Bonchev–Trinajstić information content (AvgIpc) is 2.71. The number of hydrogen-bond acceptors (Lipinski definition) is 4. The van der Waals surface area contributed by atoms with Crippen LogP contribution in [-0.4, -0.2) is 28.1 Å². The molecule has 0 saturated carbocycles. The Morgan fingerprint density at radius 2 is 2.37 bits per heavy atom. The molecule has 1 aromatic heterocycles. The standard InChI is InChI=1S/C13H19N3O3/c1-8-7-11(16-13(18)14-8)15-12(17)6-5-10-4-3-9(2)19-10/h7,9-10H,3-6H2,1-2H3,(H2,14,15,16,17,18)/t9-,10-/m1/s1. The smallest absolute Gasteiger partial charge is 0.347 e. The van der Waals surface area contributed by atoms with Crippen molar-refractivity contribution in [3.63, 3.8) is 0 Å². The minimum absolute atomic E-state index is 0.138. The van der Waals surface area contributed by atoms with E-state index in [9.17, 15) is 9.59 Å². The molecule has 0 aliphatic carbocycles. The molecule has 6 heteroatoms. The van der Waals surface area contributed by atoms with E-state index in [1.807, 2.05) is 6.92 Å². The summed E-state index contributed by atoms with van der Waals surface area (Å²) in [6.45, 7) is 3.79. The fourth-order valence-corrected chi connectivity index (χ4v) is 2.24. The van der Waals surface area contributed by atoms with Gasteiger partial charge < -0.3 is 15.0 Å². The van der Waals surface area contributed by atoms with Gasteiger partial charge in [0.15, 0.2) is 0 Å². The number of aromatic nitrogens is 2. The lowest BCUT2D eigenvalue weighted by Crippen LogP contribution is -2.20. The maximum absolute atomic E-state index is 11.8. The molecule has 1 aliphatic rings. The van der Waals surface area contributed by atoms with Crippen molar-refractivity contribution < 1.29 is 9.53 Å². The molecule has 0 bridgehead atoms. The van der Waals surface area contributed by atoms with Crippen LogP contribution in [0.3, 0.4) is 0 Å². The number of aryl methyl sites for hydroxylation is 1. The van der Waals surface area contributed by atoms with Crippen LogP contribution in [-0.2, 0) is 9.53 Å². The van der Waals surface area contributed by atoms with Gasteiger partial charge in [0.1, 0.15) is 5.82 Å². The van der Waals surface area contributed by atoms with E-state index in [1.54, 1.807) is 13.0 Å². The molecule has 0 unspecified atom stereocenters. The SMILES string of the molecule is Cc1cc(NC(=O)CC[C@H]2CC[C@@H](C)O2)nc(=O)[nH]1. The molecule has 1 saturated heterocycles. The number of nitrogens with zero attached hydrogens (tertiary/aromatic N) is 1. The summed E-state index contributed by atoms with van der Waals surface area (Å²) in [6, 6.07) is 1.63. The van der Waals surface area contributed by atoms with E-state index in [0.717, 1.165) is 12.8 Å². The highest BCUT2D eigenvalue weighted by Crippen LogP contribution is 2.22. The predicted molar refractivity (Wildman–Crippen MR) is 71.0 cm³/mol. The van der Waals surface area contributed by atoms with Gasteiger partial charge in [-0.05, 0) is 33.1 Å². The van der Waals surface area contributed by atoms with E-state index in [2.05, 4.69) is 15.3 Å². The Morgan fingerprint density at radius 1 is 1.58 bits per heavy atom. The number of carbonyl (C=O) groups is 1. The van der Waals surface area contributed by atoms with Gasteiger partial charge >= 0.3 is 5.69 Å². The number of H-pyrrole nitrogens is 1. The lowest BCUT2D eigenvalue weighted by atomic mass is 10.1. The minimum atomic E-state index is -0.455. The van der Waals surface area contributed by atoms with Crippen LogP contribution in [0.1, 0.15) is 38.3 Å². The molecule has 1 aliphatic heterocycles. The highest BCUT2D eigenvalue weighted by molar-refractivity contribution is 5.89. The largest absolute Gasteiger partial charge is 0.375 e. The molecule has 2 atom stereocenters. The second-order valence-corrected chi connectivity index (χ2v) is 4.99. The van der Waals surface area contributed by atoms with Gasteiger partial charge in [-0.3, -0.25) is 4.79 Å². The third-order valence-corrected chi connectivity index (χ3v) is 3.16. The van der Waals surface area contributed by atoms with Crippen molar-refractivity contribution in [3.8, 4) is 0 Å². The molecule has 1 aromatic rings. The maximum Gasteiger partial charge on any atom is 0.347 e. The first-order chi connectivity index (χ1) is 9.02. The second-order valence-electron chi connectivity index (χ2n) is 4.99. The normalized spacial score (nSPS) is 22.4. The van der Waals surface area contributed by atoms with Crippen LogP contribution in [0.2, 0.25) is 0 Å². The Balaban J connectivity index is 1.82. The first-order valence-corrected chi connectivity index (χ1v) is 6.56. The van der Waals surface area contributed by atoms with Crippen molar-refractivity contribution in [3.05, 3.63) is 22.2 Å². The molecular weight excluding hydrogens is 246 g/mol. The first-order valence-electron chi connectivity index (χ1n) is 6.56. The Hall–Kier alpha value is -1.69. The monoisotopic (exact) mass is 265 g/mol. The predicted octanol–water partition coefficient (Wildman–Crippen LogP) is 1.36. The lowest BCUT2D eigenvalue weighted by Gasteiger charge is -2.10. The fraction of sp³-hybridized carbons (Fsp3) is 0.615. The summed E-state index contributed by atoms with van der Waals surface area (Å²) in [5, 5.41) is 2.63. The van der Waals surface area contributed by atoms with Crippen molar-refractivity contribution in [2.75, 3.05) is 5.32 Å². The number of ether oxygens (including phenoxy) is 1. The summed E-state index contributed by atoms with van der Waals surface area (Å²) >= 11 is 0. The third kappa shape index (κ3) is 4.17. The summed E-state index contributed by atoms with van der Waals surface area (Å²) in [7, 11) is 0. The van der Waals surface area contributed by atoms with Crippen molar-refractivity contribution in [1.82, 2.24) is 9.97 Å². The highest BCUT2D eigenvalue weighted by Gasteiger charge is 2.22. The van der Waals surface area contributed by atoms with E-state index in [4.69, 9.17) is 4.74 Å². The fourth-order valence-electron chi connectivity index (χ4n) is 2.24. The molecule has 6 nitrogen and oxygen atoms in total. The summed E-state index contributed by atoms with van der Waals surface area (Å²) < 4.78 is 5.65. The van der Waals surface area contributed by atoms with Gasteiger partial charge in [0.25, 0.3) is 0 Å². The van der Waals surface area contributed by atoms with Gasteiger partial charge in [0.2, 0.25) is 5.91 Å². The van der Waals surface area contributed by atoms with Gasteiger partial charge in [-0.15, -0.1) is 0 Å². The number of nitrogens with one attached hydrogen (secondary N) is 2. The van der Waals surface area contributed by atoms with E-state index < -0.39 is 5.69 Å². The molecule has 0 radical (unpaired) electrons. The summed E-state index contributed by atoms with van der Waals surface area (Å²) in [6.07, 6.45) is 3.63. The van der Waals surface area contributed by atoms with Crippen LogP contribution < -0.4 is 11.0 Å². The van der Waals surface area contributed by atoms with Gasteiger partial charge in [-0.25, -0.2) is 4.79 Å². The van der Waals surface area contributed by atoms with Gasteiger partial charge in [0.05, 0.1) is 12.2 Å². The van der Waals surface area contributed by atoms with Crippen molar-refractivity contribution in [2.24, 2.45) is 0 Å². The van der Waals surface area contributed by atoms with Crippen LogP contribution in [0, 0.1) is 6.92 Å². The quantitative estimate of drug-likeness (QED) is 0.861. The van der Waals surface area contributed by atoms with E-state index in [0.29, 0.717) is 30.5 Å². The molecule has 1 fully saturated rings. The van der Waals surface area contributed by atoms with Gasteiger partial charge in [-0.2, -0.15) is 4.98 Å². The van der Waals surface area contributed by atoms with Crippen molar-refractivity contribution >= 4 is 11.7 Å². The number of carbonyl (C=O) groups excluding carboxylic acids is 1. The minimum Gasteiger partial charge on any atom is -0.375 e. The molecule has 104 valence electrons. The lowest BCUT2D eigenvalue weighted by molar-refractivity contribution is -0.116. The van der Waals surface area contributed by atoms with Gasteiger partial charge in [0, 0.05) is 18.2 Å². The zero-order chi connectivity index (χ0) is 13.8. The molecule has 2 heterocycles. The number of hydrogen-bond donors (Lipinski definition) is 2. The molecule has 2 N–H and O–H groups in total. The number of anilines is 1. The van der Waals surface area contributed by atoms with Gasteiger partial charge in [-0.1, -0.05) is 0 Å². The Bertz CT molecular complexity index is 512. The Morgan fingerprint density at radius 3 is 3.00 bits per heavy atom. The number of aromatic amines is 1. The summed E-state index contributed by atoms with van der Waals surface area (Å²) in [4.78, 5) is 29.1. The van der Waals surface area contributed by atoms with E-state index >= 15 is 0 Å². The zero-order valence-electron chi connectivity index (χ0n) is 11.2. The topological polar surface area (TPSA) is 84.1 Å². The first kappa shape index (κ1) is 13.7. The third-order valence-electron chi connectivity index (χ3n) is 3.16. The van der Waals surface area contributed by atoms with Crippen molar-refractivity contribution in [1.29, 1.82) is 0 Å².